The van der Waals surface area contributed by atoms with Gasteiger partial charge in [0.15, 0.2) is 0 Å². The van der Waals surface area contributed by atoms with Crippen LogP contribution in [0.1, 0.15) is 78.4 Å². The van der Waals surface area contributed by atoms with Crippen molar-refractivity contribution >= 4 is 16.9 Å². The van der Waals surface area contributed by atoms with Crippen LogP contribution in [0.4, 0.5) is 4.39 Å². The molecule has 1 fully saturated rings. The summed E-state index contributed by atoms with van der Waals surface area (Å²) >= 11 is 0. The van der Waals surface area contributed by atoms with Gasteiger partial charge in [0.25, 0.3) is 5.91 Å². The van der Waals surface area contributed by atoms with Crippen molar-refractivity contribution in [3.8, 4) is 11.1 Å². The Hall–Kier alpha value is -3.67. The highest BCUT2D eigenvalue weighted by molar-refractivity contribution is 5.99. The van der Waals surface area contributed by atoms with Crippen LogP contribution in [-0.4, -0.2) is 50.4 Å². The quantitative estimate of drug-likeness (QED) is 0.297. The second-order valence-corrected chi connectivity index (χ2v) is 13.2. The van der Waals surface area contributed by atoms with Crippen LogP contribution in [0.25, 0.3) is 22.2 Å². The van der Waals surface area contributed by atoms with E-state index in [1.165, 1.54) is 16.7 Å². The minimum atomic E-state index is -0.418. The normalized spacial score (nSPS) is 15.8. The topological polar surface area (TPSA) is 41.4 Å². The van der Waals surface area contributed by atoms with Crippen molar-refractivity contribution in [3.05, 3.63) is 88.7 Å². The summed E-state index contributed by atoms with van der Waals surface area (Å²) in [6.45, 7) is 27.1. The van der Waals surface area contributed by atoms with Gasteiger partial charge in [-0.25, -0.2) is 9.37 Å². The second-order valence-electron chi connectivity index (χ2n) is 13.2. The van der Waals surface area contributed by atoms with Gasteiger partial charge in [-0.15, -0.1) is 0 Å². The number of allylic oxidation sites excluding steroid dienone is 4. The largest absolute Gasteiger partial charge is 0.368 e. The van der Waals surface area contributed by atoms with Gasteiger partial charge in [-0.1, -0.05) is 24.3 Å². The van der Waals surface area contributed by atoms with Crippen LogP contribution in [0.3, 0.4) is 0 Å². The molecule has 1 aliphatic heterocycles. The minimum absolute atomic E-state index is 0.0844. The number of aryl methyl sites for hydroxylation is 1. The molecule has 5 nitrogen and oxygen atoms in total. The van der Waals surface area contributed by atoms with E-state index in [0.717, 1.165) is 27.9 Å². The van der Waals surface area contributed by atoms with E-state index in [2.05, 4.69) is 84.4 Å². The summed E-state index contributed by atoms with van der Waals surface area (Å²) in [5, 5.41) is 0.897. The molecule has 0 atom stereocenters. The fourth-order valence-corrected chi connectivity index (χ4v) is 5.48. The number of aromatic nitrogens is 2. The molecule has 0 N–H and O–H groups in total. The first-order valence-corrected chi connectivity index (χ1v) is 14.4. The first-order chi connectivity index (χ1) is 19.0. The molecule has 3 aromatic rings. The van der Waals surface area contributed by atoms with E-state index in [0.29, 0.717) is 30.9 Å². The zero-order valence-electron chi connectivity index (χ0n) is 26.4. The third-order valence-corrected chi connectivity index (χ3v) is 8.35. The van der Waals surface area contributed by atoms with Gasteiger partial charge in [-0.3, -0.25) is 4.79 Å². The summed E-state index contributed by atoms with van der Waals surface area (Å²) in [4.78, 5) is 23.1. The molecule has 218 valence electrons. The standard InChI is InChI=1S/C35H45FN4O/c1-22(2)26(6)24(4)18-25(5)38-16-17-39(35(10,11)21-38)33(41)31-15-14-28-29(27-13-12-23(3)30(36)19-27)20-40(32(28)37-31)34(7,8)9/h12-15,18-20H,5,16-17,21H2,1-4,6-11H3/b24-18-. The number of benzene rings is 1. The average Bonchev–Trinajstić information content (AvgIpc) is 3.28. The highest BCUT2D eigenvalue weighted by atomic mass is 19.1. The van der Waals surface area contributed by atoms with Crippen molar-refractivity contribution < 1.29 is 9.18 Å². The van der Waals surface area contributed by atoms with Gasteiger partial charge in [-0.05, 0) is 116 Å². The Labute approximate surface area is 245 Å². The van der Waals surface area contributed by atoms with Crippen molar-refractivity contribution in [2.75, 3.05) is 19.6 Å². The Balaban J connectivity index is 1.65. The van der Waals surface area contributed by atoms with Crippen LogP contribution in [0, 0.1) is 12.7 Å². The summed E-state index contributed by atoms with van der Waals surface area (Å²) in [7, 11) is 0. The molecule has 4 rings (SSSR count). The van der Waals surface area contributed by atoms with Gasteiger partial charge < -0.3 is 14.4 Å². The third-order valence-electron chi connectivity index (χ3n) is 8.35. The van der Waals surface area contributed by atoms with E-state index in [1.54, 1.807) is 25.1 Å². The first-order valence-electron chi connectivity index (χ1n) is 14.4. The Kier molecular flexibility index (Phi) is 8.10. The minimum Gasteiger partial charge on any atom is -0.368 e. The molecule has 41 heavy (non-hydrogen) atoms. The van der Waals surface area contributed by atoms with Gasteiger partial charge >= 0.3 is 0 Å². The van der Waals surface area contributed by atoms with Gasteiger partial charge in [0.1, 0.15) is 17.2 Å². The molecule has 6 heteroatoms. The molecule has 0 radical (unpaired) electrons. The van der Waals surface area contributed by atoms with Crippen LogP contribution < -0.4 is 0 Å². The highest BCUT2D eigenvalue weighted by Crippen LogP contribution is 2.35. The zero-order chi connectivity index (χ0) is 30.4. The van der Waals surface area contributed by atoms with E-state index in [1.807, 2.05) is 23.2 Å². The molecular weight excluding hydrogens is 511 g/mol. The number of hydrogen-bond acceptors (Lipinski definition) is 3. The number of hydrogen-bond donors (Lipinski definition) is 0. The third kappa shape index (κ3) is 6.02. The molecule has 1 saturated heterocycles. The van der Waals surface area contributed by atoms with Crippen molar-refractivity contribution in [3.63, 3.8) is 0 Å². The lowest BCUT2D eigenvalue weighted by Crippen LogP contribution is -2.60. The molecule has 0 aliphatic carbocycles. The molecule has 0 bridgehead atoms. The summed E-state index contributed by atoms with van der Waals surface area (Å²) in [5.41, 5.74) is 7.48. The molecule has 0 saturated carbocycles. The predicted octanol–water partition coefficient (Wildman–Crippen LogP) is 8.26. The Morgan fingerprint density at radius 3 is 2.34 bits per heavy atom. The Morgan fingerprint density at radius 1 is 1.07 bits per heavy atom. The molecule has 1 aliphatic rings. The van der Waals surface area contributed by atoms with E-state index in [4.69, 9.17) is 4.98 Å². The number of halogens is 1. The number of fused-ring (bicyclic) bond motifs is 1. The maximum atomic E-state index is 14.5. The van der Waals surface area contributed by atoms with Crippen LogP contribution in [0.2, 0.25) is 0 Å². The molecular formula is C35H45FN4O. The lowest BCUT2D eigenvalue weighted by Gasteiger charge is -2.48. The van der Waals surface area contributed by atoms with Gasteiger partial charge in [0.05, 0.1) is 5.54 Å². The van der Waals surface area contributed by atoms with E-state index in [-0.39, 0.29) is 17.3 Å². The number of carbonyl (C=O) groups is 1. The second kappa shape index (κ2) is 11.0. The monoisotopic (exact) mass is 556 g/mol. The lowest BCUT2D eigenvalue weighted by molar-refractivity contribution is 0.0269. The lowest BCUT2D eigenvalue weighted by atomic mass is 9.97. The smallest absolute Gasteiger partial charge is 0.273 e. The summed E-state index contributed by atoms with van der Waals surface area (Å²) < 4.78 is 16.6. The maximum Gasteiger partial charge on any atom is 0.273 e. The Morgan fingerprint density at radius 2 is 1.76 bits per heavy atom. The fraction of sp³-hybridized carbons (Fsp3) is 0.429. The summed E-state index contributed by atoms with van der Waals surface area (Å²) in [5.74, 6) is -0.320. The van der Waals surface area contributed by atoms with Crippen LogP contribution in [0.5, 0.6) is 0 Å². The van der Waals surface area contributed by atoms with Crippen LogP contribution in [0.15, 0.2) is 71.6 Å². The number of amides is 1. The molecule has 1 aromatic carbocycles. The SMILES string of the molecule is C=C(/C=C(/C)C(C)=C(C)C)N1CCN(C(=O)c2ccc3c(-c4ccc(C)c(F)c4)cn(C(C)(C)C)c3n2)C(C)(C)C1. The van der Waals surface area contributed by atoms with E-state index < -0.39 is 5.54 Å². The van der Waals surface area contributed by atoms with E-state index in [9.17, 15) is 9.18 Å². The van der Waals surface area contributed by atoms with Crippen molar-refractivity contribution in [1.82, 2.24) is 19.4 Å². The van der Waals surface area contributed by atoms with Gasteiger partial charge in [-0.2, -0.15) is 0 Å². The molecule has 0 spiro atoms. The van der Waals surface area contributed by atoms with Crippen molar-refractivity contribution in [2.24, 2.45) is 0 Å². The maximum absolute atomic E-state index is 14.5. The van der Waals surface area contributed by atoms with Crippen molar-refractivity contribution in [2.45, 2.75) is 80.3 Å². The number of carbonyl (C=O) groups excluding carboxylic acids is 1. The average molecular weight is 557 g/mol. The fourth-order valence-electron chi connectivity index (χ4n) is 5.48. The molecule has 2 aromatic heterocycles. The van der Waals surface area contributed by atoms with Gasteiger partial charge in [0, 0.05) is 48.0 Å². The summed E-state index contributed by atoms with van der Waals surface area (Å²) in [6, 6.07) is 9.07. The van der Waals surface area contributed by atoms with Crippen LogP contribution >= 0.6 is 0 Å². The van der Waals surface area contributed by atoms with E-state index >= 15 is 0 Å². The van der Waals surface area contributed by atoms with Crippen LogP contribution in [-0.2, 0) is 5.54 Å². The van der Waals surface area contributed by atoms with Crippen molar-refractivity contribution in [1.29, 1.82) is 0 Å². The first kappa shape index (κ1) is 30.3. The summed E-state index contributed by atoms with van der Waals surface area (Å²) in [6.07, 6.45) is 4.17. The number of pyridine rings is 1. The number of rotatable bonds is 5. The zero-order valence-corrected chi connectivity index (χ0v) is 26.4. The van der Waals surface area contributed by atoms with Gasteiger partial charge in [0.2, 0.25) is 0 Å². The predicted molar refractivity (Wildman–Crippen MR) is 168 cm³/mol. The highest BCUT2D eigenvalue weighted by Gasteiger charge is 2.38. The molecule has 3 heterocycles. The number of piperazine rings is 1. The number of nitrogens with zero attached hydrogens (tertiary/aromatic N) is 4. The molecule has 1 amide bonds. The Bertz CT molecular complexity index is 1580. The molecule has 0 unspecified atom stereocenters.